The van der Waals surface area contributed by atoms with E-state index in [1.54, 1.807) is 4.90 Å². The van der Waals surface area contributed by atoms with Crippen LogP contribution in [0.1, 0.15) is 19.8 Å². The summed E-state index contributed by atoms with van der Waals surface area (Å²) in [6.07, 6.45) is -3.48. The lowest BCUT2D eigenvalue weighted by Gasteiger charge is -2.38. The molecule has 0 aliphatic carbocycles. The zero-order valence-corrected chi connectivity index (χ0v) is 10.4. The third kappa shape index (κ3) is 5.22. The number of rotatable bonds is 7. The molecule has 106 valence electrons. The fourth-order valence-electron chi connectivity index (χ4n) is 1.74. The van der Waals surface area contributed by atoms with Crippen molar-refractivity contribution in [3.05, 3.63) is 0 Å². The molecular formula is C11H19F3N2O2. The van der Waals surface area contributed by atoms with Crippen LogP contribution in [0.4, 0.5) is 13.2 Å². The number of carbonyl (C=O) groups is 1. The largest absolute Gasteiger partial charge is 0.411 e. The van der Waals surface area contributed by atoms with E-state index in [1.165, 1.54) is 0 Å². The van der Waals surface area contributed by atoms with Gasteiger partial charge in [0.15, 0.2) is 0 Å². The molecule has 0 radical (unpaired) electrons. The Kier molecular flexibility index (Phi) is 5.87. The molecule has 1 N–H and O–H groups in total. The van der Waals surface area contributed by atoms with Crippen molar-refractivity contribution in [3.63, 3.8) is 0 Å². The summed E-state index contributed by atoms with van der Waals surface area (Å²) in [7, 11) is 0. The molecule has 1 fully saturated rings. The summed E-state index contributed by atoms with van der Waals surface area (Å²) in [5, 5.41) is 3.07. The van der Waals surface area contributed by atoms with E-state index in [0.29, 0.717) is 6.54 Å². The second-order valence-electron chi connectivity index (χ2n) is 4.32. The smallest absolute Gasteiger partial charge is 0.372 e. The van der Waals surface area contributed by atoms with Gasteiger partial charge in [0.1, 0.15) is 6.61 Å². The van der Waals surface area contributed by atoms with Crippen LogP contribution in [0.2, 0.25) is 0 Å². The molecule has 7 heteroatoms. The van der Waals surface area contributed by atoms with Gasteiger partial charge in [-0.2, -0.15) is 13.2 Å². The minimum atomic E-state index is -4.33. The van der Waals surface area contributed by atoms with Crippen molar-refractivity contribution in [3.8, 4) is 0 Å². The van der Waals surface area contributed by atoms with E-state index in [-0.39, 0.29) is 25.0 Å². The molecule has 0 unspecified atom stereocenters. The van der Waals surface area contributed by atoms with E-state index in [4.69, 9.17) is 0 Å². The van der Waals surface area contributed by atoms with Crippen LogP contribution in [-0.4, -0.2) is 55.9 Å². The van der Waals surface area contributed by atoms with Crippen molar-refractivity contribution in [2.24, 2.45) is 0 Å². The summed E-state index contributed by atoms with van der Waals surface area (Å²) in [5.41, 5.74) is 0. The minimum Gasteiger partial charge on any atom is -0.372 e. The number of ether oxygens (including phenoxy) is 1. The molecule has 0 bridgehead atoms. The number of carbonyl (C=O) groups excluding carboxylic acids is 1. The first-order valence-corrected chi connectivity index (χ1v) is 6.08. The van der Waals surface area contributed by atoms with Gasteiger partial charge >= 0.3 is 6.18 Å². The van der Waals surface area contributed by atoms with Crippen LogP contribution < -0.4 is 5.32 Å². The van der Waals surface area contributed by atoms with Crippen molar-refractivity contribution in [1.82, 2.24) is 10.2 Å². The maximum Gasteiger partial charge on any atom is 0.411 e. The highest BCUT2D eigenvalue weighted by molar-refractivity contribution is 5.76. The van der Waals surface area contributed by atoms with Crippen molar-refractivity contribution >= 4 is 5.91 Å². The van der Waals surface area contributed by atoms with Crippen LogP contribution in [-0.2, 0) is 9.53 Å². The molecule has 0 atom stereocenters. The molecule has 0 spiro atoms. The summed E-state index contributed by atoms with van der Waals surface area (Å²) >= 11 is 0. The average Bonchev–Trinajstić information content (AvgIpc) is 2.19. The van der Waals surface area contributed by atoms with Gasteiger partial charge in [0.25, 0.3) is 0 Å². The second-order valence-corrected chi connectivity index (χ2v) is 4.32. The van der Waals surface area contributed by atoms with Crippen molar-refractivity contribution in [2.75, 3.05) is 32.8 Å². The van der Waals surface area contributed by atoms with Gasteiger partial charge in [0.2, 0.25) is 5.91 Å². The number of hydrogen-bond acceptors (Lipinski definition) is 3. The molecule has 0 saturated carbocycles. The van der Waals surface area contributed by atoms with E-state index in [0.717, 1.165) is 19.5 Å². The van der Waals surface area contributed by atoms with Crippen LogP contribution in [0.5, 0.6) is 0 Å². The van der Waals surface area contributed by atoms with Crippen LogP contribution >= 0.6 is 0 Å². The summed E-state index contributed by atoms with van der Waals surface area (Å²) in [6, 6.07) is 0.181. The van der Waals surface area contributed by atoms with E-state index >= 15 is 0 Å². The summed E-state index contributed by atoms with van der Waals surface area (Å²) in [4.78, 5) is 13.6. The van der Waals surface area contributed by atoms with E-state index in [2.05, 4.69) is 10.1 Å². The first-order chi connectivity index (χ1) is 8.44. The quantitative estimate of drug-likeness (QED) is 0.705. The van der Waals surface area contributed by atoms with Crippen molar-refractivity contribution < 1.29 is 22.7 Å². The van der Waals surface area contributed by atoms with Crippen LogP contribution in [0.25, 0.3) is 0 Å². The molecular weight excluding hydrogens is 249 g/mol. The normalized spacial score (nSPS) is 16.4. The monoisotopic (exact) mass is 268 g/mol. The molecule has 0 aromatic carbocycles. The molecule has 0 aromatic heterocycles. The highest BCUT2D eigenvalue weighted by Gasteiger charge is 2.29. The highest BCUT2D eigenvalue weighted by Crippen LogP contribution is 2.15. The zero-order chi connectivity index (χ0) is 13.6. The third-order valence-electron chi connectivity index (χ3n) is 2.71. The van der Waals surface area contributed by atoms with Gasteiger partial charge in [-0.15, -0.1) is 0 Å². The fraction of sp³-hybridized carbons (Fsp3) is 0.909. The molecule has 18 heavy (non-hydrogen) atoms. The van der Waals surface area contributed by atoms with Gasteiger partial charge in [-0.25, -0.2) is 0 Å². The topological polar surface area (TPSA) is 41.6 Å². The molecule has 1 heterocycles. The van der Waals surface area contributed by atoms with Gasteiger partial charge in [0, 0.05) is 19.6 Å². The molecule has 0 aromatic rings. The Morgan fingerprint density at radius 3 is 2.56 bits per heavy atom. The van der Waals surface area contributed by atoms with E-state index in [1.807, 2.05) is 6.92 Å². The number of halogens is 3. The average molecular weight is 268 g/mol. The first kappa shape index (κ1) is 15.2. The Bertz CT molecular complexity index is 268. The van der Waals surface area contributed by atoms with Crippen molar-refractivity contribution in [2.45, 2.75) is 32.0 Å². The second kappa shape index (κ2) is 6.94. The lowest BCUT2D eigenvalue weighted by molar-refractivity contribution is -0.175. The maximum absolute atomic E-state index is 11.8. The highest BCUT2D eigenvalue weighted by atomic mass is 19.4. The molecule has 1 rings (SSSR count). The number of nitrogens with zero attached hydrogens (tertiary/aromatic N) is 1. The number of nitrogens with one attached hydrogen (secondary N) is 1. The standard InChI is InChI=1S/C11H19F3N2O2/c1-2-4-16(9-6-15-7-9)10(17)3-5-18-8-11(12,13)14/h9,15H,2-8H2,1H3. The van der Waals surface area contributed by atoms with Crippen LogP contribution in [0.15, 0.2) is 0 Å². The van der Waals surface area contributed by atoms with Gasteiger partial charge in [-0.3, -0.25) is 4.79 Å². The van der Waals surface area contributed by atoms with Crippen LogP contribution in [0.3, 0.4) is 0 Å². The first-order valence-electron chi connectivity index (χ1n) is 6.08. The Labute approximate surface area is 104 Å². The van der Waals surface area contributed by atoms with E-state index in [9.17, 15) is 18.0 Å². The van der Waals surface area contributed by atoms with Gasteiger partial charge in [0.05, 0.1) is 19.1 Å². The Balaban J connectivity index is 2.24. The number of amides is 1. The molecule has 4 nitrogen and oxygen atoms in total. The fourth-order valence-corrected chi connectivity index (χ4v) is 1.74. The maximum atomic E-state index is 11.8. The summed E-state index contributed by atoms with van der Waals surface area (Å²) in [6.45, 7) is 2.65. The van der Waals surface area contributed by atoms with Crippen LogP contribution in [0, 0.1) is 0 Å². The zero-order valence-electron chi connectivity index (χ0n) is 10.4. The lowest BCUT2D eigenvalue weighted by atomic mass is 10.1. The molecule has 1 aliphatic rings. The SMILES string of the molecule is CCCN(C(=O)CCOCC(F)(F)F)C1CNC1. The summed E-state index contributed by atoms with van der Waals surface area (Å²) in [5.74, 6) is -0.134. The number of alkyl halides is 3. The Morgan fingerprint density at radius 1 is 1.44 bits per heavy atom. The predicted octanol–water partition coefficient (Wildman–Crippen LogP) is 1.17. The minimum absolute atomic E-state index is 0.00653. The van der Waals surface area contributed by atoms with Gasteiger partial charge in [-0.05, 0) is 6.42 Å². The molecule has 1 amide bonds. The Morgan fingerprint density at radius 2 is 2.11 bits per heavy atom. The van der Waals surface area contributed by atoms with E-state index < -0.39 is 12.8 Å². The van der Waals surface area contributed by atoms with Gasteiger partial charge in [-0.1, -0.05) is 6.92 Å². The molecule has 1 aliphatic heterocycles. The summed E-state index contributed by atoms with van der Waals surface area (Å²) < 4.78 is 39.9. The lowest BCUT2D eigenvalue weighted by Crippen LogP contribution is -2.59. The van der Waals surface area contributed by atoms with Crippen molar-refractivity contribution in [1.29, 1.82) is 0 Å². The third-order valence-corrected chi connectivity index (χ3v) is 2.71. The number of hydrogen-bond donors (Lipinski definition) is 1. The van der Waals surface area contributed by atoms with Gasteiger partial charge < -0.3 is 15.0 Å². The molecule has 1 saturated heterocycles. The Hall–Kier alpha value is -0.820. The predicted molar refractivity (Wildman–Crippen MR) is 60.2 cm³/mol.